The van der Waals surface area contributed by atoms with Crippen LogP contribution in [0.5, 0.6) is 0 Å². The zero-order valence-electron chi connectivity index (χ0n) is 19.1. The molecule has 7 nitrogen and oxygen atoms in total. The van der Waals surface area contributed by atoms with Crippen molar-refractivity contribution in [2.75, 3.05) is 30.4 Å². The number of rotatable bonds is 9. The molecule has 1 aliphatic heterocycles. The molecule has 190 valence electrons. The number of likely N-dealkylation sites (tertiary alicyclic amines) is 1. The SMILES string of the molecule is CS(=O)(=O)CC[C@H](NC(=S)Nc1cccc(Cl)c1)C(=O)N[C@@H]1CCN(Cc2ccc(Cl)c(Cl)c2)C1. The van der Waals surface area contributed by atoms with Crippen LogP contribution in [0, 0.1) is 0 Å². The highest BCUT2D eigenvalue weighted by atomic mass is 35.5. The van der Waals surface area contributed by atoms with Gasteiger partial charge >= 0.3 is 0 Å². The van der Waals surface area contributed by atoms with Gasteiger partial charge < -0.3 is 16.0 Å². The van der Waals surface area contributed by atoms with Gasteiger partial charge in [-0.2, -0.15) is 0 Å². The second-order valence-electron chi connectivity index (χ2n) is 8.56. The molecule has 35 heavy (non-hydrogen) atoms. The number of thiocarbonyl (C=S) groups is 1. The molecule has 3 rings (SSSR count). The lowest BCUT2D eigenvalue weighted by Crippen LogP contribution is -2.51. The van der Waals surface area contributed by atoms with E-state index in [0.29, 0.717) is 33.8 Å². The van der Waals surface area contributed by atoms with E-state index >= 15 is 0 Å². The zero-order chi connectivity index (χ0) is 25.6. The Morgan fingerprint density at radius 3 is 2.63 bits per heavy atom. The molecule has 0 unspecified atom stereocenters. The lowest BCUT2D eigenvalue weighted by Gasteiger charge is -2.23. The molecule has 1 heterocycles. The van der Waals surface area contributed by atoms with Gasteiger partial charge in [0.25, 0.3) is 0 Å². The fourth-order valence-corrected chi connectivity index (χ4v) is 5.22. The Morgan fingerprint density at radius 1 is 1.17 bits per heavy atom. The Kier molecular flexibility index (Phi) is 10.0. The Labute approximate surface area is 226 Å². The van der Waals surface area contributed by atoms with E-state index in [-0.39, 0.29) is 29.2 Å². The summed E-state index contributed by atoms with van der Waals surface area (Å²) in [6.45, 7) is 2.16. The van der Waals surface area contributed by atoms with Gasteiger partial charge in [-0.3, -0.25) is 9.69 Å². The van der Waals surface area contributed by atoms with Gasteiger partial charge in [0.2, 0.25) is 5.91 Å². The van der Waals surface area contributed by atoms with Crippen LogP contribution in [-0.4, -0.2) is 61.5 Å². The fourth-order valence-electron chi connectivity index (χ4n) is 3.78. The second-order valence-corrected chi connectivity index (χ2v) is 12.5. The third-order valence-corrected chi connectivity index (χ3v) is 7.66. The molecule has 0 bridgehead atoms. The van der Waals surface area contributed by atoms with Crippen molar-refractivity contribution < 1.29 is 13.2 Å². The van der Waals surface area contributed by atoms with Crippen molar-refractivity contribution >= 4 is 73.6 Å². The summed E-state index contributed by atoms with van der Waals surface area (Å²) < 4.78 is 23.5. The van der Waals surface area contributed by atoms with E-state index in [2.05, 4.69) is 20.9 Å². The van der Waals surface area contributed by atoms with Crippen LogP contribution in [0.4, 0.5) is 5.69 Å². The van der Waals surface area contributed by atoms with Gasteiger partial charge in [-0.15, -0.1) is 0 Å². The van der Waals surface area contributed by atoms with Gasteiger partial charge in [0, 0.05) is 42.6 Å². The van der Waals surface area contributed by atoms with Crippen molar-refractivity contribution in [3.63, 3.8) is 0 Å². The molecule has 0 spiro atoms. The molecule has 1 saturated heterocycles. The Bertz CT molecular complexity index is 1180. The van der Waals surface area contributed by atoms with E-state index in [1.807, 2.05) is 12.1 Å². The molecule has 2 aromatic carbocycles. The first-order valence-corrected chi connectivity index (χ1v) is 14.6. The maximum atomic E-state index is 13.1. The van der Waals surface area contributed by atoms with Gasteiger partial charge in [0.05, 0.1) is 15.8 Å². The molecule has 1 fully saturated rings. The van der Waals surface area contributed by atoms with E-state index in [1.165, 1.54) is 0 Å². The minimum atomic E-state index is -3.26. The van der Waals surface area contributed by atoms with Crippen LogP contribution in [0.25, 0.3) is 0 Å². The number of halogens is 3. The zero-order valence-corrected chi connectivity index (χ0v) is 23.0. The van der Waals surface area contributed by atoms with Crippen molar-refractivity contribution in [1.82, 2.24) is 15.5 Å². The Balaban J connectivity index is 1.58. The van der Waals surface area contributed by atoms with Gasteiger partial charge in [-0.25, -0.2) is 8.42 Å². The molecule has 0 aliphatic carbocycles. The third kappa shape index (κ3) is 9.40. The molecule has 1 aliphatic rings. The molecule has 0 saturated carbocycles. The summed E-state index contributed by atoms with van der Waals surface area (Å²) in [6.07, 6.45) is 2.00. The monoisotopic (exact) mass is 576 g/mol. The van der Waals surface area contributed by atoms with Crippen LogP contribution in [-0.2, 0) is 21.2 Å². The van der Waals surface area contributed by atoms with Crippen molar-refractivity contribution in [3.8, 4) is 0 Å². The van der Waals surface area contributed by atoms with E-state index in [4.69, 9.17) is 47.0 Å². The summed E-state index contributed by atoms with van der Waals surface area (Å²) >= 11 is 23.5. The number of hydrogen-bond donors (Lipinski definition) is 3. The third-order valence-electron chi connectivity index (χ3n) is 5.49. The summed E-state index contributed by atoms with van der Waals surface area (Å²) in [7, 11) is -3.26. The molecule has 1 amide bonds. The summed E-state index contributed by atoms with van der Waals surface area (Å²) in [5.41, 5.74) is 1.70. The minimum absolute atomic E-state index is 0.0673. The normalized spacial score (nSPS) is 17.1. The molecular weight excluding hydrogens is 551 g/mol. The maximum absolute atomic E-state index is 13.1. The highest BCUT2D eigenvalue weighted by molar-refractivity contribution is 7.90. The summed E-state index contributed by atoms with van der Waals surface area (Å²) in [5, 5.41) is 10.7. The number of carbonyl (C=O) groups excluding carboxylic acids is 1. The molecular formula is C23H27Cl3N4O3S2. The smallest absolute Gasteiger partial charge is 0.242 e. The van der Waals surface area contributed by atoms with E-state index < -0.39 is 15.9 Å². The standard InChI is InChI=1S/C23H27Cl3N4O3S2/c1-35(32,33)10-8-21(29-23(34)28-17-4-2-3-16(24)12-17)22(31)27-18-7-9-30(14-18)13-15-5-6-19(25)20(26)11-15/h2-6,11-12,18,21H,7-10,13-14H2,1H3,(H,27,31)(H2,28,29,34)/t18-,21+/m1/s1. The van der Waals surface area contributed by atoms with E-state index in [9.17, 15) is 13.2 Å². The molecule has 2 atom stereocenters. The molecule has 3 N–H and O–H groups in total. The number of hydrogen-bond acceptors (Lipinski definition) is 5. The number of benzene rings is 2. The van der Waals surface area contributed by atoms with E-state index in [0.717, 1.165) is 24.8 Å². The van der Waals surface area contributed by atoms with E-state index in [1.54, 1.807) is 30.3 Å². The van der Waals surface area contributed by atoms with Crippen molar-refractivity contribution in [2.45, 2.75) is 31.5 Å². The summed E-state index contributed by atoms with van der Waals surface area (Å²) in [6, 6.07) is 11.6. The van der Waals surface area contributed by atoms with Crippen LogP contribution in [0.15, 0.2) is 42.5 Å². The van der Waals surface area contributed by atoms with Crippen molar-refractivity contribution in [3.05, 3.63) is 63.1 Å². The Morgan fingerprint density at radius 2 is 1.94 bits per heavy atom. The average Bonchev–Trinajstić information content (AvgIpc) is 3.19. The molecule has 0 radical (unpaired) electrons. The lowest BCUT2D eigenvalue weighted by atomic mass is 10.2. The minimum Gasteiger partial charge on any atom is -0.351 e. The van der Waals surface area contributed by atoms with Crippen LogP contribution in [0.2, 0.25) is 15.1 Å². The fraction of sp³-hybridized carbons (Fsp3) is 0.391. The molecule has 2 aromatic rings. The van der Waals surface area contributed by atoms with Crippen LogP contribution in [0.1, 0.15) is 18.4 Å². The van der Waals surface area contributed by atoms with Crippen LogP contribution >= 0.6 is 47.0 Å². The van der Waals surface area contributed by atoms with Crippen LogP contribution in [0.3, 0.4) is 0 Å². The van der Waals surface area contributed by atoms with Gasteiger partial charge in [0.15, 0.2) is 5.11 Å². The first-order valence-electron chi connectivity index (χ1n) is 11.0. The summed E-state index contributed by atoms with van der Waals surface area (Å²) in [5.74, 6) is -0.448. The quantitative estimate of drug-likeness (QED) is 0.386. The number of carbonyl (C=O) groups is 1. The molecule has 12 heteroatoms. The van der Waals surface area contributed by atoms with Gasteiger partial charge in [-0.05, 0) is 61.0 Å². The van der Waals surface area contributed by atoms with Crippen molar-refractivity contribution in [2.24, 2.45) is 0 Å². The van der Waals surface area contributed by atoms with Gasteiger partial charge in [-0.1, -0.05) is 46.9 Å². The number of nitrogens with one attached hydrogen (secondary N) is 3. The highest BCUT2D eigenvalue weighted by Crippen LogP contribution is 2.24. The lowest BCUT2D eigenvalue weighted by molar-refractivity contribution is -0.123. The average molecular weight is 578 g/mol. The molecule has 0 aromatic heterocycles. The number of sulfone groups is 1. The maximum Gasteiger partial charge on any atom is 0.242 e. The first kappa shape index (κ1) is 28.0. The van der Waals surface area contributed by atoms with Gasteiger partial charge in [0.1, 0.15) is 15.9 Å². The predicted octanol–water partition coefficient (Wildman–Crippen LogP) is 4.13. The van der Waals surface area contributed by atoms with Crippen molar-refractivity contribution in [1.29, 1.82) is 0 Å². The number of nitrogens with zero attached hydrogens (tertiary/aromatic N) is 1. The second kappa shape index (κ2) is 12.6. The largest absolute Gasteiger partial charge is 0.351 e. The number of anilines is 1. The Hall–Kier alpha value is -1.62. The highest BCUT2D eigenvalue weighted by Gasteiger charge is 2.28. The van der Waals surface area contributed by atoms with Crippen LogP contribution < -0.4 is 16.0 Å². The topological polar surface area (TPSA) is 90.5 Å². The predicted molar refractivity (Wildman–Crippen MR) is 147 cm³/mol. The first-order chi connectivity index (χ1) is 16.5. The number of amides is 1. The summed E-state index contributed by atoms with van der Waals surface area (Å²) in [4.78, 5) is 15.3.